The zero-order chi connectivity index (χ0) is 19.4. The fourth-order valence-electron chi connectivity index (χ4n) is 2.94. The van der Waals surface area contributed by atoms with Gasteiger partial charge < -0.3 is 18.9 Å². The first-order valence-corrected chi connectivity index (χ1v) is 8.45. The van der Waals surface area contributed by atoms with Crippen LogP contribution in [0.15, 0.2) is 41.5 Å². The standard InChI is InChI=1S/C20H22N2O5/c1-24-14-6-7-15(18(12-14)26-3)20(23)22-10-9-16(21-22)13-5-8-17(25-2)19(11-13)27-4/h5-8,11-12H,9-10H2,1-4H3. The average molecular weight is 370 g/mol. The molecule has 0 saturated heterocycles. The van der Waals surface area contributed by atoms with Gasteiger partial charge in [-0.15, -0.1) is 0 Å². The molecule has 2 aromatic carbocycles. The highest BCUT2D eigenvalue weighted by molar-refractivity contribution is 6.05. The molecule has 0 aromatic heterocycles. The van der Waals surface area contributed by atoms with Crippen molar-refractivity contribution in [3.8, 4) is 23.0 Å². The second kappa shape index (κ2) is 7.99. The van der Waals surface area contributed by atoms with E-state index in [1.54, 1.807) is 39.5 Å². The minimum absolute atomic E-state index is 0.218. The molecule has 27 heavy (non-hydrogen) atoms. The molecule has 1 aliphatic heterocycles. The Hall–Kier alpha value is -3.22. The third-order valence-electron chi connectivity index (χ3n) is 4.39. The Morgan fingerprint density at radius 2 is 1.63 bits per heavy atom. The van der Waals surface area contributed by atoms with Gasteiger partial charge in [0.25, 0.3) is 5.91 Å². The summed E-state index contributed by atoms with van der Waals surface area (Å²) < 4.78 is 21.1. The van der Waals surface area contributed by atoms with Crippen LogP contribution in [-0.4, -0.2) is 51.6 Å². The molecule has 142 valence electrons. The Morgan fingerprint density at radius 3 is 2.30 bits per heavy atom. The molecule has 1 heterocycles. The highest BCUT2D eigenvalue weighted by Gasteiger charge is 2.25. The van der Waals surface area contributed by atoms with Crippen LogP contribution in [0.2, 0.25) is 0 Å². The molecule has 0 N–H and O–H groups in total. The molecule has 0 bridgehead atoms. The fraction of sp³-hybridized carbons (Fsp3) is 0.300. The maximum Gasteiger partial charge on any atom is 0.277 e. The van der Waals surface area contributed by atoms with Crippen LogP contribution < -0.4 is 18.9 Å². The molecule has 7 nitrogen and oxygen atoms in total. The van der Waals surface area contributed by atoms with E-state index in [1.807, 2.05) is 18.2 Å². The van der Waals surface area contributed by atoms with E-state index in [9.17, 15) is 4.79 Å². The lowest BCUT2D eigenvalue weighted by Gasteiger charge is -2.14. The Labute approximate surface area is 158 Å². The van der Waals surface area contributed by atoms with Crippen LogP contribution in [0.1, 0.15) is 22.3 Å². The molecular formula is C20H22N2O5. The predicted molar refractivity (Wildman–Crippen MR) is 101 cm³/mol. The van der Waals surface area contributed by atoms with Crippen molar-refractivity contribution < 1.29 is 23.7 Å². The van der Waals surface area contributed by atoms with Crippen LogP contribution in [0.3, 0.4) is 0 Å². The van der Waals surface area contributed by atoms with Crippen molar-refractivity contribution in [1.29, 1.82) is 0 Å². The molecule has 3 rings (SSSR count). The second-order valence-corrected chi connectivity index (χ2v) is 5.86. The minimum Gasteiger partial charge on any atom is -0.497 e. The van der Waals surface area contributed by atoms with Gasteiger partial charge in [-0.3, -0.25) is 4.79 Å². The number of carbonyl (C=O) groups excluding carboxylic acids is 1. The van der Waals surface area contributed by atoms with Crippen LogP contribution in [0, 0.1) is 0 Å². The number of benzene rings is 2. The number of methoxy groups -OCH3 is 4. The summed E-state index contributed by atoms with van der Waals surface area (Å²) in [4.78, 5) is 12.9. The molecule has 0 saturated carbocycles. The monoisotopic (exact) mass is 370 g/mol. The van der Waals surface area contributed by atoms with Crippen molar-refractivity contribution >= 4 is 11.6 Å². The molecule has 7 heteroatoms. The Kier molecular flexibility index (Phi) is 5.49. The molecular weight excluding hydrogens is 348 g/mol. The topological polar surface area (TPSA) is 69.6 Å². The van der Waals surface area contributed by atoms with Gasteiger partial charge in [0.1, 0.15) is 11.5 Å². The third kappa shape index (κ3) is 3.67. The summed E-state index contributed by atoms with van der Waals surface area (Å²) in [5, 5.41) is 5.96. The summed E-state index contributed by atoms with van der Waals surface area (Å²) in [7, 11) is 6.27. The number of nitrogens with zero attached hydrogens (tertiary/aromatic N) is 2. The summed E-state index contributed by atoms with van der Waals surface area (Å²) in [5.74, 6) is 2.13. The molecule has 0 fully saturated rings. The molecule has 0 radical (unpaired) electrons. The summed E-state index contributed by atoms with van der Waals surface area (Å²) >= 11 is 0. The average Bonchev–Trinajstić information content (AvgIpc) is 3.22. The lowest BCUT2D eigenvalue weighted by Crippen LogP contribution is -2.23. The lowest BCUT2D eigenvalue weighted by atomic mass is 10.1. The molecule has 0 aliphatic carbocycles. The lowest BCUT2D eigenvalue weighted by molar-refractivity contribution is 0.0775. The second-order valence-electron chi connectivity index (χ2n) is 5.86. The van der Waals surface area contributed by atoms with Crippen molar-refractivity contribution in [3.63, 3.8) is 0 Å². The van der Waals surface area contributed by atoms with Gasteiger partial charge in [-0.25, -0.2) is 5.01 Å². The Bertz CT molecular complexity index is 879. The van der Waals surface area contributed by atoms with Crippen LogP contribution >= 0.6 is 0 Å². The number of carbonyl (C=O) groups is 1. The van der Waals surface area contributed by atoms with E-state index >= 15 is 0 Å². The van der Waals surface area contributed by atoms with Crippen molar-refractivity contribution in [3.05, 3.63) is 47.5 Å². The summed E-state index contributed by atoms with van der Waals surface area (Å²) in [6, 6.07) is 10.7. The summed E-state index contributed by atoms with van der Waals surface area (Å²) in [5.41, 5.74) is 2.15. The van der Waals surface area contributed by atoms with Gasteiger partial charge in [-0.05, 0) is 30.3 Å². The first-order chi connectivity index (χ1) is 13.1. The molecule has 0 unspecified atom stereocenters. The van der Waals surface area contributed by atoms with Crippen molar-refractivity contribution in [2.75, 3.05) is 35.0 Å². The SMILES string of the molecule is COc1ccc(C(=O)N2CCC(c3ccc(OC)c(OC)c3)=N2)c(OC)c1. The van der Waals surface area contributed by atoms with Gasteiger partial charge in [-0.2, -0.15) is 5.10 Å². The predicted octanol–water partition coefficient (Wildman–Crippen LogP) is 2.97. The summed E-state index contributed by atoms with van der Waals surface area (Å²) in [6.07, 6.45) is 0.652. The highest BCUT2D eigenvalue weighted by atomic mass is 16.5. The molecule has 1 amide bonds. The number of hydrogen-bond acceptors (Lipinski definition) is 6. The van der Waals surface area contributed by atoms with Gasteiger partial charge >= 0.3 is 0 Å². The van der Waals surface area contributed by atoms with Crippen LogP contribution in [0.25, 0.3) is 0 Å². The number of hydrazone groups is 1. The van der Waals surface area contributed by atoms with Crippen LogP contribution in [-0.2, 0) is 0 Å². The molecule has 0 spiro atoms. The van der Waals surface area contributed by atoms with Crippen molar-refractivity contribution in [2.45, 2.75) is 6.42 Å². The van der Waals surface area contributed by atoms with Crippen molar-refractivity contribution in [2.24, 2.45) is 5.10 Å². The van der Waals surface area contributed by atoms with Gasteiger partial charge in [0.05, 0.1) is 46.3 Å². The van der Waals surface area contributed by atoms with Gasteiger partial charge in [0.2, 0.25) is 0 Å². The van der Waals surface area contributed by atoms with E-state index in [0.29, 0.717) is 41.5 Å². The van der Waals surface area contributed by atoms with E-state index in [-0.39, 0.29) is 5.91 Å². The number of hydrogen-bond donors (Lipinski definition) is 0. The van der Waals surface area contributed by atoms with Gasteiger partial charge in [0, 0.05) is 18.1 Å². The van der Waals surface area contributed by atoms with E-state index < -0.39 is 0 Å². The van der Waals surface area contributed by atoms with Crippen LogP contribution in [0.5, 0.6) is 23.0 Å². The zero-order valence-electron chi connectivity index (χ0n) is 15.8. The fourth-order valence-corrected chi connectivity index (χ4v) is 2.94. The quantitative estimate of drug-likeness (QED) is 0.782. The van der Waals surface area contributed by atoms with E-state index in [1.165, 1.54) is 12.1 Å². The third-order valence-corrected chi connectivity index (χ3v) is 4.39. The van der Waals surface area contributed by atoms with Gasteiger partial charge in [-0.1, -0.05) is 0 Å². The molecule has 1 aliphatic rings. The van der Waals surface area contributed by atoms with Crippen LogP contribution in [0.4, 0.5) is 0 Å². The maximum absolute atomic E-state index is 12.9. The highest BCUT2D eigenvalue weighted by Crippen LogP contribution is 2.30. The minimum atomic E-state index is -0.218. The van der Waals surface area contributed by atoms with Crippen molar-refractivity contribution in [1.82, 2.24) is 5.01 Å². The van der Waals surface area contributed by atoms with E-state index in [4.69, 9.17) is 18.9 Å². The van der Waals surface area contributed by atoms with Gasteiger partial charge in [0.15, 0.2) is 11.5 Å². The Morgan fingerprint density at radius 1 is 0.889 bits per heavy atom. The largest absolute Gasteiger partial charge is 0.497 e. The molecule has 0 atom stereocenters. The zero-order valence-corrected chi connectivity index (χ0v) is 15.8. The smallest absolute Gasteiger partial charge is 0.277 e. The number of ether oxygens (including phenoxy) is 4. The van der Waals surface area contributed by atoms with E-state index in [2.05, 4.69) is 5.10 Å². The Balaban J connectivity index is 1.86. The normalized spacial score (nSPS) is 13.2. The first-order valence-electron chi connectivity index (χ1n) is 8.45. The van der Waals surface area contributed by atoms with E-state index in [0.717, 1.165) is 11.3 Å². The summed E-state index contributed by atoms with van der Waals surface area (Å²) in [6.45, 7) is 0.498. The maximum atomic E-state index is 12.9. The first kappa shape index (κ1) is 18.6. The number of amides is 1. The molecule has 2 aromatic rings. The number of rotatable bonds is 6.